The highest BCUT2D eigenvalue weighted by Crippen LogP contribution is 2.43. The Bertz CT molecular complexity index is 1340. The second kappa shape index (κ2) is 10.0. The fourth-order valence-corrected chi connectivity index (χ4v) is 6.25. The summed E-state index contributed by atoms with van der Waals surface area (Å²) < 4.78 is 13.4. The second-order valence-corrected chi connectivity index (χ2v) is 12.1. The van der Waals surface area contributed by atoms with E-state index in [2.05, 4.69) is 19.9 Å². The summed E-state index contributed by atoms with van der Waals surface area (Å²) in [5, 5.41) is 15.8. The van der Waals surface area contributed by atoms with Gasteiger partial charge in [-0.1, -0.05) is 16.8 Å². The Kier molecular flexibility index (Phi) is 6.68. The fourth-order valence-electron chi connectivity index (χ4n) is 6.05. The first-order valence-corrected chi connectivity index (χ1v) is 14.0. The Labute approximate surface area is 227 Å². The molecule has 2 aliphatic carbocycles. The van der Waals surface area contributed by atoms with Crippen LogP contribution in [0.1, 0.15) is 105 Å². The highest BCUT2D eigenvalue weighted by molar-refractivity contribution is 6.30. The Morgan fingerprint density at radius 3 is 2.61 bits per heavy atom. The van der Waals surface area contributed by atoms with Crippen molar-refractivity contribution in [3.8, 4) is 5.69 Å². The van der Waals surface area contributed by atoms with Crippen molar-refractivity contribution in [1.29, 1.82) is 0 Å². The molecule has 1 aliphatic heterocycles. The minimum absolute atomic E-state index is 0.271. The number of rotatable bonds is 3. The van der Waals surface area contributed by atoms with Crippen LogP contribution in [0, 0.1) is 0 Å². The van der Waals surface area contributed by atoms with Gasteiger partial charge >= 0.3 is 6.16 Å². The Hall–Kier alpha value is -2.91. The Balaban J connectivity index is 1.24. The first-order valence-electron chi connectivity index (χ1n) is 13.6. The van der Waals surface area contributed by atoms with Gasteiger partial charge in [0.1, 0.15) is 17.2 Å². The van der Waals surface area contributed by atoms with Crippen molar-refractivity contribution in [1.82, 2.24) is 25.0 Å². The van der Waals surface area contributed by atoms with Crippen LogP contribution >= 0.6 is 11.6 Å². The molecule has 3 heterocycles. The van der Waals surface area contributed by atoms with Gasteiger partial charge in [0.2, 0.25) is 0 Å². The molecule has 0 amide bonds. The lowest BCUT2D eigenvalue weighted by Crippen LogP contribution is -2.31. The van der Waals surface area contributed by atoms with Gasteiger partial charge < -0.3 is 14.1 Å². The van der Waals surface area contributed by atoms with E-state index in [0.717, 1.165) is 67.2 Å². The van der Waals surface area contributed by atoms with E-state index in [1.807, 2.05) is 18.2 Å². The molecular weight excluding hydrogens is 506 g/mol. The average molecular weight is 540 g/mol. The lowest BCUT2D eigenvalue weighted by Gasteiger charge is -2.28. The third kappa shape index (κ3) is 5.06. The maximum absolute atomic E-state index is 12.4. The van der Waals surface area contributed by atoms with Crippen LogP contribution < -0.4 is 0 Å². The summed E-state index contributed by atoms with van der Waals surface area (Å²) in [7, 11) is 0. The highest BCUT2D eigenvalue weighted by atomic mass is 35.5. The highest BCUT2D eigenvalue weighted by Gasteiger charge is 2.34. The number of carbonyl (C=O) groups excluding carboxylic acids is 1. The number of fused-ring (bicyclic) bond motifs is 4. The SMILES string of the molecule is CC(C)(C)OC(=O)ON1Cc2cc(Cl)ccc2-n2c(nnc2[C@H]2CC[C@H](c3onc4c3CCCC4)CC2)C1. The van der Waals surface area contributed by atoms with Crippen molar-refractivity contribution in [2.45, 2.75) is 103 Å². The summed E-state index contributed by atoms with van der Waals surface area (Å²) in [5.41, 5.74) is 3.78. The molecule has 0 atom stereocenters. The van der Waals surface area contributed by atoms with Gasteiger partial charge in [-0.2, -0.15) is 0 Å². The molecular formula is C28H34ClN5O4. The van der Waals surface area contributed by atoms with Crippen LogP contribution in [0.4, 0.5) is 4.79 Å². The number of nitrogens with zero attached hydrogens (tertiary/aromatic N) is 5. The van der Waals surface area contributed by atoms with E-state index in [4.69, 9.17) is 25.7 Å². The molecule has 0 spiro atoms. The Morgan fingerprint density at radius 1 is 1.05 bits per heavy atom. The van der Waals surface area contributed by atoms with Crippen molar-refractivity contribution in [2.75, 3.05) is 0 Å². The maximum Gasteiger partial charge on any atom is 0.528 e. The van der Waals surface area contributed by atoms with Gasteiger partial charge in [0.15, 0.2) is 5.82 Å². The molecule has 0 unspecified atom stereocenters. The predicted octanol–water partition coefficient (Wildman–Crippen LogP) is 6.41. The number of hydrogen-bond acceptors (Lipinski definition) is 8. The fraction of sp³-hybridized carbons (Fsp3) is 0.571. The van der Waals surface area contributed by atoms with E-state index in [1.54, 1.807) is 25.8 Å². The number of aromatic nitrogens is 4. The second-order valence-electron chi connectivity index (χ2n) is 11.7. The van der Waals surface area contributed by atoms with Crippen molar-refractivity contribution < 1.29 is 18.9 Å². The first-order chi connectivity index (χ1) is 18.2. The van der Waals surface area contributed by atoms with Gasteiger partial charge in [-0.3, -0.25) is 4.57 Å². The van der Waals surface area contributed by atoms with Crippen molar-refractivity contribution >= 4 is 17.8 Å². The zero-order valence-corrected chi connectivity index (χ0v) is 23.0. The molecule has 1 saturated carbocycles. The predicted molar refractivity (Wildman–Crippen MR) is 140 cm³/mol. The topological polar surface area (TPSA) is 95.5 Å². The molecule has 9 nitrogen and oxygen atoms in total. The van der Waals surface area contributed by atoms with Gasteiger partial charge in [-0.05, 0) is 95.9 Å². The molecule has 0 N–H and O–H groups in total. The van der Waals surface area contributed by atoms with E-state index in [9.17, 15) is 4.79 Å². The zero-order valence-electron chi connectivity index (χ0n) is 22.2. The molecule has 1 aromatic carbocycles. The number of hydroxylamine groups is 2. The van der Waals surface area contributed by atoms with Crippen LogP contribution in [0.25, 0.3) is 5.69 Å². The van der Waals surface area contributed by atoms with Gasteiger partial charge in [-0.15, -0.1) is 15.3 Å². The molecule has 2 aromatic heterocycles. The number of carbonyl (C=O) groups is 1. The molecule has 3 aliphatic rings. The first kappa shape index (κ1) is 25.4. The lowest BCUT2D eigenvalue weighted by molar-refractivity contribution is -0.155. The molecule has 0 saturated heterocycles. The Morgan fingerprint density at radius 2 is 1.82 bits per heavy atom. The molecule has 6 rings (SSSR count). The van der Waals surface area contributed by atoms with Crippen molar-refractivity contribution in [2.24, 2.45) is 0 Å². The van der Waals surface area contributed by atoms with Gasteiger partial charge in [0, 0.05) is 22.4 Å². The lowest BCUT2D eigenvalue weighted by atomic mass is 9.78. The van der Waals surface area contributed by atoms with E-state index >= 15 is 0 Å². The summed E-state index contributed by atoms with van der Waals surface area (Å²) in [5.74, 6) is 3.47. The number of ether oxygens (including phenoxy) is 1. The molecule has 38 heavy (non-hydrogen) atoms. The third-order valence-corrected chi connectivity index (χ3v) is 7.98. The van der Waals surface area contributed by atoms with Crippen molar-refractivity contribution in [3.63, 3.8) is 0 Å². The summed E-state index contributed by atoms with van der Waals surface area (Å²) in [4.78, 5) is 18.0. The summed E-state index contributed by atoms with van der Waals surface area (Å²) in [6, 6.07) is 5.78. The van der Waals surface area contributed by atoms with E-state index in [0.29, 0.717) is 17.5 Å². The van der Waals surface area contributed by atoms with Crippen LogP contribution in [0.5, 0.6) is 0 Å². The van der Waals surface area contributed by atoms with Crippen molar-refractivity contribution in [3.05, 3.63) is 57.5 Å². The van der Waals surface area contributed by atoms with Crippen LogP contribution in [-0.2, 0) is 35.5 Å². The summed E-state index contributed by atoms with van der Waals surface area (Å²) in [6.07, 6.45) is 7.88. The van der Waals surface area contributed by atoms with Crippen LogP contribution in [0.2, 0.25) is 5.02 Å². The normalized spacial score (nSPS) is 21.7. The van der Waals surface area contributed by atoms with E-state index in [1.165, 1.54) is 24.1 Å². The summed E-state index contributed by atoms with van der Waals surface area (Å²) in [6.45, 7) is 6.07. The van der Waals surface area contributed by atoms with E-state index in [-0.39, 0.29) is 12.5 Å². The quantitative estimate of drug-likeness (QED) is 0.352. The third-order valence-electron chi connectivity index (χ3n) is 7.75. The number of hydrogen-bond donors (Lipinski definition) is 0. The molecule has 10 heteroatoms. The molecule has 0 radical (unpaired) electrons. The average Bonchev–Trinajstić information content (AvgIpc) is 3.44. The minimum Gasteiger partial charge on any atom is -0.427 e. The van der Waals surface area contributed by atoms with Crippen LogP contribution in [0.15, 0.2) is 22.7 Å². The summed E-state index contributed by atoms with van der Waals surface area (Å²) >= 11 is 6.37. The zero-order chi connectivity index (χ0) is 26.4. The molecule has 0 bridgehead atoms. The van der Waals surface area contributed by atoms with E-state index < -0.39 is 11.8 Å². The number of aryl methyl sites for hydroxylation is 1. The van der Waals surface area contributed by atoms with Gasteiger partial charge in [0.05, 0.1) is 24.5 Å². The smallest absolute Gasteiger partial charge is 0.427 e. The van der Waals surface area contributed by atoms with Crippen LogP contribution in [0.3, 0.4) is 0 Å². The van der Waals surface area contributed by atoms with Gasteiger partial charge in [-0.25, -0.2) is 4.79 Å². The standard InChI is InChI=1S/C28H34ClN5O4/c1-28(2,3)36-27(35)38-33-15-19-14-20(29)12-13-23(19)34-24(16-33)30-31-26(34)18-10-8-17(9-11-18)25-21-6-4-5-7-22(21)32-37-25/h12-14,17-18H,4-11,15-16H2,1-3H3/t17-,18-. The van der Waals surface area contributed by atoms with Crippen LogP contribution in [-0.4, -0.2) is 36.7 Å². The molecule has 1 fully saturated rings. The monoisotopic (exact) mass is 539 g/mol. The maximum atomic E-state index is 12.4. The number of halogens is 1. The molecule has 3 aromatic rings. The number of benzene rings is 1. The molecule has 202 valence electrons. The van der Waals surface area contributed by atoms with Gasteiger partial charge in [0.25, 0.3) is 0 Å². The minimum atomic E-state index is -0.748. The largest absolute Gasteiger partial charge is 0.528 e.